The Morgan fingerprint density at radius 1 is 1.13 bits per heavy atom. The van der Waals surface area contributed by atoms with E-state index in [-0.39, 0.29) is 28.6 Å². The number of carboxylic acids is 1. The molecule has 0 amide bonds. The highest BCUT2D eigenvalue weighted by molar-refractivity contribution is 5.88. The van der Waals surface area contributed by atoms with Gasteiger partial charge in [-0.1, -0.05) is 0 Å². The Morgan fingerprint density at radius 3 is 2.23 bits per heavy atom. The Labute approximate surface area is 176 Å². The molecule has 8 heteroatoms. The zero-order chi connectivity index (χ0) is 22.4. The van der Waals surface area contributed by atoms with Crippen LogP contribution in [0.3, 0.4) is 0 Å². The van der Waals surface area contributed by atoms with Gasteiger partial charge in [0.05, 0.1) is 11.3 Å². The van der Waals surface area contributed by atoms with Crippen LogP contribution in [0.2, 0.25) is 0 Å². The lowest BCUT2D eigenvalue weighted by Crippen LogP contribution is -2.60. The van der Waals surface area contributed by atoms with E-state index in [9.17, 15) is 9.59 Å². The summed E-state index contributed by atoms with van der Waals surface area (Å²) in [6, 6.07) is 3.06. The van der Waals surface area contributed by atoms with E-state index in [0.29, 0.717) is 11.4 Å². The average molecular weight is 415 g/mol. The van der Waals surface area contributed by atoms with Gasteiger partial charge in [0.15, 0.2) is 0 Å². The summed E-state index contributed by atoms with van der Waals surface area (Å²) in [7, 11) is 3.87. The minimum atomic E-state index is -1.04. The molecule has 0 spiro atoms. The molecule has 0 saturated carbocycles. The number of nitrogens with zero attached hydrogens (tertiary/aromatic N) is 4. The zero-order valence-corrected chi connectivity index (χ0v) is 18.7. The van der Waals surface area contributed by atoms with Crippen LogP contribution >= 0.6 is 0 Å². The monoisotopic (exact) mass is 414 g/mol. The van der Waals surface area contributed by atoms with Gasteiger partial charge in [-0.05, 0) is 53.8 Å². The van der Waals surface area contributed by atoms with Crippen LogP contribution in [0.1, 0.15) is 67.2 Å². The Bertz CT molecular complexity index is 958. The third kappa shape index (κ3) is 3.96. The van der Waals surface area contributed by atoms with Crippen molar-refractivity contribution in [3.63, 3.8) is 0 Å². The van der Waals surface area contributed by atoms with Gasteiger partial charge in [-0.15, -0.1) is 0 Å². The molecule has 1 saturated heterocycles. The summed E-state index contributed by atoms with van der Waals surface area (Å²) < 4.78 is 7.58. The van der Waals surface area contributed by atoms with E-state index in [1.807, 2.05) is 6.92 Å². The Kier molecular flexibility index (Phi) is 5.49. The van der Waals surface area contributed by atoms with E-state index in [2.05, 4.69) is 49.6 Å². The van der Waals surface area contributed by atoms with Crippen LogP contribution in [-0.4, -0.2) is 60.7 Å². The highest BCUT2D eigenvalue weighted by Crippen LogP contribution is 2.38. The molecule has 1 fully saturated rings. The van der Waals surface area contributed by atoms with Crippen molar-refractivity contribution < 1.29 is 19.4 Å². The van der Waals surface area contributed by atoms with Crippen molar-refractivity contribution in [3.8, 4) is 11.4 Å². The third-order valence-electron chi connectivity index (χ3n) is 6.36. The number of piperidine rings is 1. The normalized spacial score (nSPS) is 18.9. The maximum atomic E-state index is 13.0. The Balaban J connectivity index is 1.84. The van der Waals surface area contributed by atoms with Crippen molar-refractivity contribution >= 4 is 11.9 Å². The predicted molar refractivity (Wildman–Crippen MR) is 112 cm³/mol. The van der Waals surface area contributed by atoms with E-state index in [4.69, 9.17) is 9.84 Å². The van der Waals surface area contributed by atoms with Crippen molar-refractivity contribution in [2.75, 3.05) is 7.05 Å². The molecule has 0 radical (unpaired) electrons. The molecule has 0 atom stereocenters. The van der Waals surface area contributed by atoms with Crippen molar-refractivity contribution in [3.05, 3.63) is 35.4 Å². The SMILES string of the molecule is Cc1c(-c2ccc(C(=O)O)cn2)nc(C(=O)OC2CC(C)(C)N(C)C(C)(C)C2)n1C. The first-order valence-electron chi connectivity index (χ1n) is 10.0. The maximum absolute atomic E-state index is 13.0. The van der Waals surface area contributed by atoms with Gasteiger partial charge in [-0.25, -0.2) is 14.6 Å². The Morgan fingerprint density at radius 2 is 1.73 bits per heavy atom. The predicted octanol–water partition coefficient (Wildman–Crippen LogP) is 3.30. The molecule has 1 aliphatic rings. The summed E-state index contributed by atoms with van der Waals surface area (Å²) in [4.78, 5) is 35.0. The number of carboxylic acid groups (broad SMARTS) is 1. The van der Waals surface area contributed by atoms with Crippen molar-refractivity contribution in [2.24, 2.45) is 7.05 Å². The van der Waals surface area contributed by atoms with E-state index >= 15 is 0 Å². The molecule has 1 N–H and O–H groups in total. The Hall–Kier alpha value is -2.74. The lowest BCUT2D eigenvalue weighted by atomic mass is 9.79. The second-order valence-electron chi connectivity index (χ2n) is 9.29. The minimum Gasteiger partial charge on any atom is -0.478 e. The second-order valence-corrected chi connectivity index (χ2v) is 9.29. The van der Waals surface area contributed by atoms with E-state index < -0.39 is 11.9 Å². The molecule has 3 rings (SSSR count). The summed E-state index contributed by atoms with van der Waals surface area (Å²) in [6.45, 7) is 10.5. The highest BCUT2D eigenvalue weighted by atomic mass is 16.5. The van der Waals surface area contributed by atoms with Crippen LogP contribution in [0, 0.1) is 6.92 Å². The first-order chi connectivity index (χ1) is 13.8. The van der Waals surface area contributed by atoms with Gasteiger partial charge in [0.25, 0.3) is 0 Å². The zero-order valence-electron chi connectivity index (χ0n) is 18.7. The molecule has 0 bridgehead atoms. The van der Waals surface area contributed by atoms with Crippen LogP contribution < -0.4 is 0 Å². The van der Waals surface area contributed by atoms with E-state index in [1.165, 1.54) is 12.3 Å². The van der Waals surface area contributed by atoms with Gasteiger partial charge in [-0.2, -0.15) is 0 Å². The number of hydrogen-bond donors (Lipinski definition) is 1. The smallest absolute Gasteiger partial charge is 0.374 e. The summed E-state index contributed by atoms with van der Waals surface area (Å²) in [5, 5.41) is 9.04. The molecule has 1 aliphatic heterocycles. The molecule has 162 valence electrons. The fourth-order valence-electron chi connectivity index (χ4n) is 4.23. The number of pyridine rings is 1. The number of aromatic carboxylic acids is 1. The number of aromatic nitrogens is 3. The van der Waals surface area contributed by atoms with Gasteiger partial charge >= 0.3 is 11.9 Å². The van der Waals surface area contributed by atoms with Gasteiger partial charge in [0.2, 0.25) is 5.82 Å². The third-order valence-corrected chi connectivity index (χ3v) is 6.36. The van der Waals surface area contributed by atoms with Gasteiger partial charge < -0.3 is 14.4 Å². The number of likely N-dealkylation sites (tertiary alicyclic amines) is 1. The average Bonchev–Trinajstić information content (AvgIpc) is 2.94. The van der Waals surface area contributed by atoms with Crippen LogP contribution in [0.5, 0.6) is 0 Å². The van der Waals surface area contributed by atoms with Gasteiger partial charge in [0.1, 0.15) is 11.8 Å². The summed E-state index contributed by atoms with van der Waals surface area (Å²) in [5.41, 5.74) is 1.70. The number of hydrogen-bond acceptors (Lipinski definition) is 6. The number of rotatable bonds is 4. The fourth-order valence-corrected chi connectivity index (χ4v) is 4.23. The summed E-state index contributed by atoms with van der Waals surface area (Å²) >= 11 is 0. The lowest BCUT2D eigenvalue weighted by molar-refractivity contribution is -0.0737. The van der Waals surface area contributed by atoms with E-state index in [1.54, 1.807) is 17.7 Å². The number of esters is 1. The topological polar surface area (TPSA) is 97.6 Å². The maximum Gasteiger partial charge on any atom is 0.374 e. The molecule has 2 aromatic rings. The second kappa shape index (κ2) is 7.50. The van der Waals surface area contributed by atoms with Crippen LogP contribution in [0.4, 0.5) is 0 Å². The molecule has 0 aromatic carbocycles. The quantitative estimate of drug-likeness (QED) is 0.767. The van der Waals surface area contributed by atoms with Crippen molar-refractivity contribution in [1.29, 1.82) is 0 Å². The summed E-state index contributed by atoms with van der Waals surface area (Å²) in [5.74, 6) is -1.30. The van der Waals surface area contributed by atoms with Crippen molar-refractivity contribution in [1.82, 2.24) is 19.4 Å². The van der Waals surface area contributed by atoms with Gasteiger partial charge in [-0.3, -0.25) is 9.88 Å². The molecule has 0 aliphatic carbocycles. The van der Waals surface area contributed by atoms with Crippen LogP contribution in [0.25, 0.3) is 11.4 Å². The number of carbonyl (C=O) groups is 2. The molecule has 8 nitrogen and oxygen atoms in total. The van der Waals surface area contributed by atoms with Crippen LogP contribution in [-0.2, 0) is 11.8 Å². The number of imidazole rings is 1. The van der Waals surface area contributed by atoms with Crippen LogP contribution in [0.15, 0.2) is 18.3 Å². The first-order valence-corrected chi connectivity index (χ1v) is 10.0. The number of ether oxygens (including phenoxy) is 1. The fraction of sp³-hybridized carbons (Fsp3) is 0.545. The standard InChI is InChI=1S/C22H30N4O4/c1-13-17(16-9-8-14(12-23-16)19(27)28)24-18(25(13)6)20(29)30-15-10-21(2,3)26(7)22(4,5)11-15/h8-9,12,15H,10-11H2,1-7H3,(H,27,28). The number of carbonyl (C=O) groups excluding carboxylic acids is 1. The molecular formula is C22H30N4O4. The minimum absolute atomic E-state index is 0.0920. The lowest BCUT2D eigenvalue weighted by Gasteiger charge is -2.53. The van der Waals surface area contributed by atoms with Crippen molar-refractivity contribution in [2.45, 2.75) is 64.6 Å². The van der Waals surface area contributed by atoms with Gasteiger partial charge in [0, 0.05) is 42.9 Å². The first kappa shape index (κ1) is 22.0. The summed E-state index contributed by atoms with van der Waals surface area (Å²) in [6.07, 6.45) is 2.57. The molecule has 3 heterocycles. The largest absolute Gasteiger partial charge is 0.478 e. The molecule has 2 aromatic heterocycles. The molecule has 0 unspecified atom stereocenters. The molecular weight excluding hydrogens is 384 g/mol. The van der Waals surface area contributed by atoms with E-state index in [0.717, 1.165) is 18.5 Å². The molecule has 30 heavy (non-hydrogen) atoms. The highest BCUT2D eigenvalue weighted by Gasteiger charge is 2.44.